The number of nitrogens with one attached hydrogen (secondary N) is 1. The number of aromatic amines is 1. The minimum absolute atomic E-state index is 0.322. The predicted octanol–water partition coefficient (Wildman–Crippen LogP) is 5.58. The molecule has 1 N–H and O–H groups in total. The summed E-state index contributed by atoms with van der Waals surface area (Å²) in [6.07, 6.45) is 12.0. The van der Waals surface area contributed by atoms with Crippen molar-refractivity contribution in [2.75, 3.05) is 13.6 Å². The highest BCUT2D eigenvalue weighted by Gasteiger charge is 2.25. The van der Waals surface area contributed by atoms with Crippen LogP contribution in [0.5, 0.6) is 5.75 Å². The fourth-order valence-electron chi connectivity index (χ4n) is 4.75. The number of likely N-dealkylation sites (N-methyl/N-ethyl adjacent to an activating group) is 1. The number of rotatable bonds is 6. The van der Waals surface area contributed by atoms with Gasteiger partial charge in [0.25, 0.3) is 0 Å². The first-order valence-electron chi connectivity index (χ1n) is 11.0. The molecule has 4 aromatic rings. The van der Waals surface area contributed by atoms with E-state index in [1.165, 1.54) is 34.7 Å². The van der Waals surface area contributed by atoms with Gasteiger partial charge in [0.1, 0.15) is 5.75 Å². The average molecular weight is 400 g/mol. The third-order valence-electron chi connectivity index (χ3n) is 6.59. The molecular weight excluding hydrogens is 370 g/mol. The van der Waals surface area contributed by atoms with Gasteiger partial charge >= 0.3 is 0 Å². The topological polar surface area (TPSA) is 41.2 Å². The molecule has 0 spiro atoms. The van der Waals surface area contributed by atoms with E-state index in [0.29, 0.717) is 12.1 Å². The summed E-state index contributed by atoms with van der Waals surface area (Å²) >= 11 is 0. The first-order valence-corrected chi connectivity index (χ1v) is 11.0. The van der Waals surface area contributed by atoms with Crippen LogP contribution in [0.3, 0.4) is 0 Å². The Labute approximate surface area is 177 Å². The fourth-order valence-corrected chi connectivity index (χ4v) is 4.75. The van der Waals surface area contributed by atoms with Crippen molar-refractivity contribution in [2.45, 2.75) is 44.2 Å². The number of benzene rings is 2. The molecule has 154 valence electrons. The lowest BCUT2D eigenvalue weighted by molar-refractivity contribution is 0.101. The Balaban J connectivity index is 1.13. The molecule has 2 aromatic heterocycles. The van der Waals surface area contributed by atoms with Crippen LogP contribution in [-0.4, -0.2) is 40.6 Å². The van der Waals surface area contributed by atoms with Crippen LogP contribution in [0.2, 0.25) is 0 Å². The van der Waals surface area contributed by atoms with Gasteiger partial charge < -0.3 is 14.6 Å². The number of fused-ring (bicyclic) bond motifs is 2. The smallest absolute Gasteiger partial charge is 0.120 e. The summed E-state index contributed by atoms with van der Waals surface area (Å²) in [5.74, 6) is 0.977. The van der Waals surface area contributed by atoms with Crippen LogP contribution in [0.4, 0.5) is 0 Å². The zero-order valence-corrected chi connectivity index (χ0v) is 17.6. The Morgan fingerprint density at radius 2 is 1.90 bits per heavy atom. The third-order valence-corrected chi connectivity index (χ3v) is 6.59. The molecule has 1 aliphatic rings. The zero-order valence-electron chi connectivity index (χ0n) is 17.6. The first-order chi connectivity index (χ1) is 14.8. The Hall–Kier alpha value is -2.85. The van der Waals surface area contributed by atoms with Crippen LogP contribution >= 0.6 is 0 Å². The van der Waals surface area contributed by atoms with Crippen LogP contribution in [0, 0.1) is 0 Å². The first kappa shape index (κ1) is 19.1. The second-order valence-electron chi connectivity index (χ2n) is 8.52. The van der Waals surface area contributed by atoms with Crippen molar-refractivity contribution < 1.29 is 4.74 Å². The minimum Gasteiger partial charge on any atom is -0.490 e. The van der Waals surface area contributed by atoms with Crippen LogP contribution in [0.1, 0.15) is 31.2 Å². The summed E-state index contributed by atoms with van der Waals surface area (Å²) < 4.78 is 6.32. The van der Waals surface area contributed by atoms with Crippen molar-refractivity contribution in [3.05, 3.63) is 72.7 Å². The van der Waals surface area contributed by atoms with Crippen LogP contribution in [0.15, 0.2) is 67.1 Å². The second kappa shape index (κ2) is 8.49. The molecule has 30 heavy (non-hydrogen) atoms. The number of aromatic nitrogens is 2. The number of hydrogen-bond donors (Lipinski definition) is 1. The minimum atomic E-state index is 0.322. The highest BCUT2D eigenvalue weighted by Crippen LogP contribution is 2.28. The van der Waals surface area contributed by atoms with Crippen molar-refractivity contribution in [1.82, 2.24) is 14.9 Å². The maximum absolute atomic E-state index is 6.32. The van der Waals surface area contributed by atoms with Gasteiger partial charge in [-0.3, -0.25) is 4.98 Å². The molecule has 0 aliphatic heterocycles. The van der Waals surface area contributed by atoms with E-state index in [-0.39, 0.29) is 0 Å². The van der Waals surface area contributed by atoms with Gasteiger partial charge in [-0.2, -0.15) is 0 Å². The van der Waals surface area contributed by atoms with Gasteiger partial charge in [0, 0.05) is 47.5 Å². The van der Waals surface area contributed by atoms with E-state index >= 15 is 0 Å². The molecule has 0 saturated heterocycles. The molecular formula is C26H29N3O. The Morgan fingerprint density at radius 1 is 1.03 bits per heavy atom. The number of pyridine rings is 1. The molecule has 2 heterocycles. The maximum atomic E-state index is 6.32. The normalized spacial score (nSPS) is 19.5. The summed E-state index contributed by atoms with van der Waals surface area (Å²) in [7, 11) is 2.28. The molecule has 0 atom stereocenters. The highest BCUT2D eigenvalue weighted by molar-refractivity contribution is 5.83. The molecule has 0 bridgehead atoms. The summed E-state index contributed by atoms with van der Waals surface area (Å²) in [6, 6.07) is 17.6. The maximum Gasteiger partial charge on any atom is 0.120 e. The number of ether oxygens (including phenoxy) is 1. The number of para-hydroxylation sites is 1. The van der Waals surface area contributed by atoms with Crippen LogP contribution in [-0.2, 0) is 6.42 Å². The van der Waals surface area contributed by atoms with Crippen molar-refractivity contribution in [1.29, 1.82) is 0 Å². The van der Waals surface area contributed by atoms with E-state index in [1.54, 1.807) is 0 Å². The molecule has 4 nitrogen and oxygen atoms in total. The molecule has 1 aliphatic carbocycles. The largest absolute Gasteiger partial charge is 0.490 e. The summed E-state index contributed by atoms with van der Waals surface area (Å²) in [4.78, 5) is 10.1. The van der Waals surface area contributed by atoms with E-state index in [1.807, 2.05) is 18.5 Å². The van der Waals surface area contributed by atoms with Gasteiger partial charge in [-0.15, -0.1) is 0 Å². The molecule has 0 unspecified atom stereocenters. The van der Waals surface area contributed by atoms with Gasteiger partial charge in [-0.05, 0) is 80.4 Å². The lowest BCUT2D eigenvalue weighted by Crippen LogP contribution is -2.38. The Morgan fingerprint density at radius 3 is 2.80 bits per heavy atom. The summed E-state index contributed by atoms with van der Waals surface area (Å²) in [5, 5.41) is 3.70. The van der Waals surface area contributed by atoms with Gasteiger partial charge in [0.2, 0.25) is 0 Å². The standard InChI is InChI=1S/C26H29N3O/c1-29(15-13-21-18-28-26-5-3-2-4-25(21)26)22-7-10-23(11-8-22)30-24-9-6-20-17-27-14-12-19(20)16-24/h2-6,9,12,14,16-18,22-23,28H,7-8,10-11,13,15H2,1H3. The van der Waals surface area contributed by atoms with Gasteiger partial charge in [0.05, 0.1) is 6.10 Å². The van der Waals surface area contributed by atoms with Gasteiger partial charge in [-0.25, -0.2) is 0 Å². The molecule has 1 fully saturated rings. The molecule has 4 heteroatoms. The Bertz CT molecular complexity index is 1130. The zero-order chi connectivity index (χ0) is 20.3. The quantitative estimate of drug-likeness (QED) is 0.460. The molecule has 5 rings (SSSR count). The summed E-state index contributed by atoms with van der Waals surface area (Å²) in [5.41, 5.74) is 2.65. The second-order valence-corrected chi connectivity index (χ2v) is 8.52. The molecule has 0 amide bonds. The van der Waals surface area contributed by atoms with Crippen molar-refractivity contribution in [3.63, 3.8) is 0 Å². The van der Waals surface area contributed by atoms with E-state index < -0.39 is 0 Å². The van der Waals surface area contributed by atoms with Crippen LogP contribution in [0.25, 0.3) is 21.7 Å². The SMILES string of the molecule is CN(CCc1c[nH]c2ccccc12)C1CCC(Oc2ccc3cnccc3c2)CC1. The summed E-state index contributed by atoms with van der Waals surface area (Å²) in [6.45, 7) is 1.09. The number of hydrogen-bond acceptors (Lipinski definition) is 3. The average Bonchev–Trinajstić information content (AvgIpc) is 3.21. The molecule has 2 aromatic carbocycles. The fraction of sp³-hybridized carbons (Fsp3) is 0.346. The van der Waals surface area contributed by atoms with E-state index in [9.17, 15) is 0 Å². The van der Waals surface area contributed by atoms with Crippen LogP contribution < -0.4 is 4.74 Å². The monoisotopic (exact) mass is 399 g/mol. The molecule has 0 radical (unpaired) electrons. The van der Waals surface area contributed by atoms with Crippen molar-refractivity contribution in [3.8, 4) is 5.75 Å². The van der Waals surface area contributed by atoms with E-state index in [2.05, 4.69) is 70.6 Å². The van der Waals surface area contributed by atoms with Gasteiger partial charge in [-0.1, -0.05) is 18.2 Å². The number of nitrogens with zero attached hydrogens (tertiary/aromatic N) is 2. The van der Waals surface area contributed by atoms with Gasteiger partial charge in [0.15, 0.2) is 0 Å². The highest BCUT2D eigenvalue weighted by atomic mass is 16.5. The lowest BCUT2D eigenvalue weighted by Gasteiger charge is -2.34. The van der Waals surface area contributed by atoms with Crippen molar-refractivity contribution >= 4 is 21.7 Å². The number of H-pyrrole nitrogens is 1. The van der Waals surface area contributed by atoms with E-state index in [0.717, 1.165) is 36.9 Å². The van der Waals surface area contributed by atoms with Crippen molar-refractivity contribution in [2.24, 2.45) is 0 Å². The Kier molecular flexibility index (Phi) is 5.41. The lowest BCUT2D eigenvalue weighted by atomic mass is 9.91. The molecule has 1 saturated carbocycles. The third kappa shape index (κ3) is 4.05. The van der Waals surface area contributed by atoms with E-state index in [4.69, 9.17) is 4.74 Å². The predicted molar refractivity (Wildman–Crippen MR) is 123 cm³/mol.